The van der Waals surface area contributed by atoms with E-state index in [4.69, 9.17) is 0 Å². The van der Waals surface area contributed by atoms with E-state index in [0.29, 0.717) is 17.0 Å². The molecule has 1 N–H and O–H groups in total. The van der Waals surface area contributed by atoms with Crippen LogP contribution in [0.5, 0.6) is 0 Å². The lowest BCUT2D eigenvalue weighted by atomic mass is 10.2. The van der Waals surface area contributed by atoms with E-state index in [1.165, 1.54) is 16.7 Å². The van der Waals surface area contributed by atoms with Crippen molar-refractivity contribution < 1.29 is 14.4 Å². The van der Waals surface area contributed by atoms with Gasteiger partial charge in [-0.25, -0.2) is 4.98 Å². The minimum Gasteiger partial charge on any atom is -0.346 e. The third-order valence-electron chi connectivity index (χ3n) is 4.39. The average molecular weight is 418 g/mol. The Morgan fingerprint density at radius 2 is 2.11 bits per heavy atom. The van der Waals surface area contributed by atoms with E-state index in [1.807, 2.05) is 38.3 Å². The maximum absolute atomic E-state index is 12.7. The van der Waals surface area contributed by atoms with Crippen LogP contribution < -0.4 is 5.32 Å². The summed E-state index contributed by atoms with van der Waals surface area (Å²) >= 11 is 2.87. The van der Waals surface area contributed by atoms with Crippen molar-refractivity contribution in [2.75, 3.05) is 0 Å². The summed E-state index contributed by atoms with van der Waals surface area (Å²) in [7, 11) is 0. The average Bonchev–Trinajstić information content (AvgIpc) is 3.24. The standard InChI is InChI=1S/C20H23N3O3S2/c1-4-17-22-13(11-27-17)10-21-19(25)14-7-5-6-8-15(14)28-16-9-18(24)23(12(2)3)20(16)26/h5-8,11-12,16H,4,9-10H2,1-3H3,(H,21,25). The van der Waals surface area contributed by atoms with Gasteiger partial charge in [-0.15, -0.1) is 23.1 Å². The summed E-state index contributed by atoms with van der Waals surface area (Å²) < 4.78 is 0. The van der Waals surface area contributed by atoms with E-state index in [-0.39, 0.29) is 30.2 Å². The fraction of sp³-hybridized carbons (Fsp3) is 0.400. The van der Waals surface area contributed by atoms with Gasteiger partial charge in [0.05, 0.1) is 28.1 Å². The number of amides is 3. The zero-order chi connectivity index (χ0) is 20.3. The van der Waals surface area contributed by atoms with Gasteiger partial charge < -0.3 is 5.32 Å². The highest BCUT2D eigenvalue weighted by Gasteiger charge is 2.40. The first-order chi connectivity index (χ1) is 13.4. The number of nitrogens with zero attached hydrogens (tertiary/aromatic N) is 2. The highest BCUT2D eigenvalue weighted by Crippen LogP contribution is 2.34. The Bertz CT molecular complexity index is 894. The number of carbonyl (C=O) groups excluding carboxylic acids is 3. The number of imide groups is 1. The van der Waals surface area contributed by atoms with E-state index in [2.05, 4.69) is 10.3 Å². The number of hydrogen-bond donors (Lipinski definition) is 1. The minimum absolute atomic E-state index is 0.157. The maximum atomic E-state index is 12.7. The van der Waals surface area contributed by atoms with Crippen LogP contribution in [0, 0.1) is 0 Å². The number of aromatic nitrogens is 1. The van der Waals surface area contributed by atoms with Crippen LogP contribution in [0.15, 0.2) is 34.5 Å². The van der Waals surface area contributed by atoms with Gasteiger partial charge in [0.1, 0.15) is 0 Å². The van der Waals surface area contributed by atoms with Crippen LogP contribution in [0.4, 0.5) is 0 Å². The lowest BCUT2D eigenvalue weighted by Gasteiger charge is -2.19. The second-order valence-corrected chi connectivity index (χ2v) is 8.96. The molecule has 0 spiro atoms. The predicted molar refractivity (Wildman–Crippen MR) is 110 cm³/mol. The fourth-order valence-electron chi connectivity index (χ4n) is 3.03. The van der Waals surface area contributed by atoms with Gasteiger partial charge in [-0.05, 0) is 32.4 Å². The summed E-state index contributed by atoms with van der Waals surface area (Å²) in [5.74, 6) is -0.559. The predicted octanol–water partition coefficient (Wildman–Crippen LogP) is 3.26. The zero-order valence-corrected chi connectivity index (χ0v) is 17.7. The SMILES string of the molecule is CCc1nc(CNC(=O)c2ccccc2SC2CC(=O)N(C(C)C)C2=O)cs1. The molecule has 6 nitrogen and oxygen atoms in total. The topological polar surface area (TPSA) is 79.4 Å². The maximum Gasteiger partial charge on any atom is 0.252 e. The summed E-state index contributed by atoms with van der Waals surface area (Å²) in [4.78, 5) is 43.9. The van der Waals surface area contributed by atoms with Crippen molar-refractivity contribution in [3.05, 3.63) is 45.9 Å². The Balaban J connectivity index is 1.70. The van der Waals surface area contributed by atoms with E-state index >= 15 is 0 Å². The van der Waals surface area contributed by atoms with Gasteiger partial charge >= 0.3 is 0 Å². The number of thiazole rings is 1. The molecule has 1 fully saturated rings. The quantitative estimate of drug-likeness (QED) is 0.700. The van der Waals surface area contributed by atoms with E-state index in [9.17, 15) is 14.4 Å². The molecule has 0 radical (unpaired) electrons. The van der Waals surface area contributed by atoms with Crippen LogP contribution in [-0.2, 0) is 22.6 Å². The van der Waals surface area contributed by atoms with Gasteiger partial charge in [0.15, 0.2) is 0 Å². The van der Waals surface area contributed by atoms with Gasteiger partial charge in [0.2, 0.25) is 11.8 Å². The molecule has 28 heavy (non-hydrogen) atoms. The number of nitrogens with one attached hydrogen (secondary N) is 1. The lowest BCUT2D eigenvalue weighted by molar-refractivity contribution is -0.140. The van der Waals surface area contributed by atoms with Gasteiger partial charge in [0.25, 0.3) is 5.91 Å². The Labute approximate surface area is 172 Å². The summed E-state index contributed by atoms with van der Waals surface area (Å²) in [5, 5.41) is 5.39. The van der Waals surface area contributed by atoms with Crippen molar-refractivity contribution in [1.82, 2.24) is 15.2 Å². The van der Waals surface area contributed by atoms with E-state index in [0.717, 1.165) is 17.1 Å². The molecule has 8 heteroatoms. The van der Waals surface area contributed by atoms with Crippen LogP contribution in [0.2, 0.25) is 0 Å². The molecule has 0 aliphatic carbocycles. The van der Waals surface area contributed by atoms with Crippen LogP contribution >= 0.6 is 23.1 Å². The van der Waals surface area contributed by atoms with Crippen molar-refractivity contribution >= 4 is 40.8 Å². The summed E-state index contributed by atoms with van der Waals surface area (Å²) in [5.41, 5.74) is 1.34. The molecular weight excluding hydrogens is 394 g/mol. The van der Waals surface area contributed by atoms with E-state index < -0.39 is 5.25 Å². The van der Waals surface area contributed by atoms with Crippen molar-refractivity contribution in [2.24, 2.45) is 0 Å². The van der Waals surface area contributed by atoms with E-state index in [1.54, 1.807) is 23.5 Å². The Hall–Kier alpha value is -2.19. The molecule has 2 heterocycles. The molecule has 3 amide bonds. The largest absolute Gasteiger partial charge is 0.346 e. The Morgan fingerprint density at radius 1 is 1.36 bits per heavy atom. The van der Waals surface area contributed by atoms with Crippen LogP contribution in [0.3, 0.4) is 0 Å². The van der Waals surface area contributed by atoms with Crippen LogP contribution in [0.1, 0.15) is 48.3 Å². The molecule has 1 aromatic carbocycles. The molecule has 2 aromatic rings. The number of rotatable bonds is 7. The molecule has 3 rings (SSSR count). The number of likely N-dealkylation sites (tertiary alicyclic amines) is 1. The first-order valence-corrected chi connectivity index (χ1v) is 11.0. The number of aryl methyl sites for hydroxylation is 1. The fourth-order valence-corrected chi connectivity index (χ4v) is 4.96. The Kier molecular flexibility index (Phi) is 6.51. The normalized spacial score (nSPS) is 16.9. The summed E-state index contributed by atoms with van der Waals surface area (Å²) in [6.07, 6.45) is 1.04. The minimum atomic E-state index is -0.491. The first kappa shape index (κ1) is 20.5. The third kappa shape index (κ3) is 4.44. The molecule has 1 unspecified atom stereocenters. The van der Waals surface area contributed by atoms with Crippen molar-refractivity contribution in [1.29, 1.82) is 0 Å². The smallest absolute Gasteiger partial charge is 0.252 e. The van der Waals surface area contributed by atoms with Gasteiger partial charge in [0, 0.05) is 22.7 Å². The van der Waals surface area contributed by atoms with Crippen molar-refractivity contribution in [2.45, 2.75) is 56.3 Å². The third-order valence-corrected chi connectivity index (χ3v) is 6.70. The summed E-state index contributed by atoms with van der Waals surface area (Å²) in [6, 6.07) is 7.01. The Morgan fingerprint density at radius 3 is 2.75 bits per heavy atom. The second kappa shape index (κ2) is 8.87. The first-order valence-electron chi connectivity index (χ1n) is 9.23. The molecule has 0 saturated carbocycles. The van der Waals surface area contributed by atoms with Crippen molar-refractivity contribution in [3.8, 4) is 0 Å². The number of hydrogen-bond acceptors (Lipinski definition) is 6. The molecule has 1 aliphatic heterocycles. The molecule has 1 aromatic heterocycles. The van der Waals surface area contributed by atoms with Gasteiger partial charge in [-0.1, -0.05) is 19.1 Å². The molecular formula is C20H23N3O3S2. The monoisotopic (exact) mass is 417 g/mol. The highest BCUT2D eigenvalue weighted by molar-refractivity contribution is 8.00. The van der Waals surface area contributed by atoms with Gasteiger partial charge in [-0.2, -0.15) is 0 Å². The molecule has 1 atom stereocenters. The van der Waals surface area contributed by atoms with Crippen LogP contribution in [0.25, 0.3) is 0 Å². The second-order valence-electron chi connectivity index (χ2n) is 6.77. The van der Waals surface area contributed by atoms with Gasteiger partial charge in [-0.3, -0.25) is 19.3 Å². The highest BCUT2D eigenvalue weighted by atomic mass is 32.2. The van der Waals surface area contributed by atoms with Crippen LogP contribution in [-0.4, -0.2) is 38.9 Å². The number of thioether (sulfide) groups is 1. The number of carbonyl (C=O) groups is 3. The molecule has 1 saturated heterocycles. The van der Waals surface area contributed by atoms with Crippen molar-refractivity contribution in [3.63, 3.8) is 0 Å². The summed E-state index contributed by atoms with van der Waals surface area (Å²) in [6.45, 7) is 6.06. The number of benzene rings is 1. The molecule has 0 bridgehead atoms. The molecule has 148 valence electrons. The zero-order valence-electron chi connectivity index (χ0n) is 16.1. The lowest BCUT2D eigenvalue weighted by Crippen LogP contribution is -2.37. The molecule has 1 aliphatic rings.